The van der Waals surface area contributed by atoms with Gasteiger partial charge in [0.25, 0.3) is 0 Å². The largest absolute Gasteiger partial charge is 0.320 e. The molecule has 0 atom stereocenters. The summed E-state index contributed by atoms with van der Waals surface area (Å²) >= 11 is 1.52. The lowest BCUT2D eigenvalue weighted by Crippen LogP contribution is -2.09. The van der Waals surface area contributed by atoms with Crippen LogP contribution in [0.4, 0.5) is 0 Å². The molecule has 0 bridgehead atoms. The highest BCUT2D eigenvalue weighted by atomic mass is 32.1. The Morgan fingerprint density at radius 3 is 3.08 bits per heavy atom. The Kier molecular flexibility index (Phi) is 3.97. The molecule has 0 saturated heterocycles. The SMILES string of the molecule is CNCCCC(=O)c1cccs1. The van der Waals surface area contributed by atoms with E-state index in [4.69, 9.17) is 0 Å². The zero-order valence-electron chi connectivity index (χ0n) is 7.17. The highest BCUT2D eigenvalue weighted by molar-refractivity contribution is 7.12. The summed E-state index contributed by atoms with van der Waals surface area (Å²) in [6.45, 7) is 0.914. The minimum atomic E-state index is 0.264. The van der Waals surface area contributed by atoms with Crippen molar-refractivity contribution in [2.75, 3.05) is 13.6 Å². The zero-order chi connectivity index (χ0) is 8.81. The number of carbonyl (C=O) groups is 1. The predicted octanol–water partition coefficient (Wildman–Crippen LogP) is 1.93. The Morgan fingerprint density at radius 1 is 1.67 bits per heavy atom. The summed E-state index contributed by atoms with van der Waals surface area (Å²) < 4.78 is 0. The van der Waals surface area contributed by atoms with Crippen LogP contribution in [0.2, 0.25) is 0 Å². The van der Waals surface area contributed by atoms with Gasteiger partial charge in [-0.2, -0.15) is 0 Å². The first kappa shape index (κ1) is 9.42. The predicted molar refractivity (Wildman–Crippen MR) is 51.8 cm³/mol. The van der Waals surface area contributed by atoms with Gasteiger partial charge in [-0.15, -0.1) is 11.3 Å². The third-order valence-electron chi connectivity index (χ3n) is 1.63. The molecule has 12 heavy (non-hydrogen) atoms. The molecule has 66 valence electrons. The molecule has 1 rings (SSSR count). The number of ketones is 1. The molecule has 0 fully saturated rings. The molecule has 0 aliphatic carbocycles. The third kappa shape index (κ3) is 2.75. The molecule has 1 aromatic heterocycles. The van der Waals surface area contributed by atoms with Gasteiger partial charge in [0.05, 0.1) is 4.88 Å². The summed E-state index contributed by atoms with van der Waals surface area (Å²) in [7, 11) is 1.90. The molecule has 0 radical (unpaired) electrons. The summed E-state index contributed by atoms with van der Waals surface area (Å²) in [5.41, 5.74) is 0. The van der Waals surface area contributed by atoms with Crippen molar-refractivity contribution >= 4 is 17.1 Å². The van der Waals surface area contributed by atoms with E-state index < -0.39 is 0 Å². The van der Waals surface area contributed by atoms with Gasteiger partial charge in [-0.1, -0.05) is 6.07 Å². The molecule has 0 unspecified atom stereocenters. The van der Waals surface area contributed by atoms with Crippen LogP contribution in [0.3, 0.4) is 0 Å². The molecule has 1 N–H and O–H groups in total. The van der Waals surface area contributed by atoms with E-state index in [-0.39, 0.29) is 5.78 Å². The van der Waals surface area contributed by atoms with Gasteiger partial charge in [0, 0.05) is 6.42 Å². The molecule has 0 aliphatic rings. The first-order valence-corrected chi connectivity index (χ1v) is 4.94. The molecule has 0 amide bonds. The maximum Gasteiger partial charge on any atom is 0.172 e. The summed E-state index contributed by atoms with van der Waals surface area (Å²) in [4.78, 5) is 12.2. The Balaban J connectivity index is 2.30. The minimum absolute atomic E-state index is 0.264. The van der Waals surface area contributed by atoms with Crippen LogP contribution in [0.15, 0.2) is 17.5 Å². The number of carbonyl (C=O) groups excluding carboxylic acids is 1. The Bertz CT molecular complexity index is 231. The van der Waals surface area contributed by atoms with Gasteiger partial charge in [0.15, 0.2) is 5.78 Å². The fourth-order valence-corrected chi connectivity index (χ4v) is 1.68. The van der Waals surface area contributed by atoms with Crippen molar-refractivity contribution in [2.45, 2.75) is 12.8 Å². The van der Waals surface area contributed by atoms with Crippen molar-refractivity contribution in [1.29, 1.82) is 0 Å². The van der Waals surface area contributed by atoms with Gasteiger partial charge in [-0.3, -0.25) is 4.79 Å². The third-order valence-corrected chi connectivity index (χ3v) is 2.54. The van der Waals surface area contributed by atoms with Crippen molar-refractivity contribution in [3.63, 3.8) is 0 Å². The van der Waals surface area contributed by atoms with Crippen LogP contribution >= 0.6 is 11.3 Å². The standard InChI is InChI=1S/C9H13NOS/c1-10-6-2-4-8(11)9-5-3-7-12-9/h3,5,7,10H,2,4,6H2,1H3. The molecule has 0 aromatic carbocycles. The van der Waals surface area contributed by atoms with Crippen LogP contribution in [0.25, 0.3) is 0 Å². The van der Waals surface area contributed by atoms with E-state index in [1.54, 1.807) is 0 Å². The first-order valence-electron chi connectivity index (χ1n) is 4.06. The van der Waals surface area contributed by atoms with E-state index in [2.05, 4.69) is 5.32 Å². The molecular formula is C9H13NOS. The fraction of sp³-hybridized carbons (Fsp3) is 0.444. The van der Waals surface area contributed by atoms with Crippen molar-refractivity contribution in [3.8, 4) is 0 Å². The molecule has 2 nitrogen and oxygen atoms in total. The number of hydrogen-bond acceptors (Lipinski definition) is 3. The van der Waals surface area contributed by atoms with Gasteiger partial charge >= 0.3 is 0 Å². The van der Waals surface area contributed by atoms with Gasteiger partial charge < -0.3 is 5.32 Å². The Labute approximate surface area is 76.6 Å². The average molecular weight is 183 g/mol. The van der Waals surface area contributed by atoms with E-state index in [0.717, 1.165) is 17.8 Å². The second-order valence-corrected chi connectivity index (χ2v) is 3.56. The van der Waals surface area contributed by atoms with E-state index >= 15 is 0 Å². The lowest BCUT2D eigenvalue weighted by Gasteiger charge is -1.96. The normalized spacial score (nSPS) is 10.1. The molecule has 0 saturated carbocycles. The van der Waals surface area contributed by atoms with Gasteiger partial charge in [0.2, 0.25) is 0 Å². The fourth-order valence-electron chi connectivity index (χ4n) is 0.986. The van der Waals surface area contributed by atoms with E-state index in [1.807, 2.05) is 24.6 Å². The lowest BCUT2D eigenvalue weighted by molar-refractivity contribution is 0.0984. The van der Waals surface area contributed by atoms with Crippen molar-refractivity contribution in [2.24, 2.45) is 0 Å². The van der Waals surface area contributed by atoms with E-state index in [9.17, 15) is 4.79 Å². The average Bonchev–Trinajstić information content (AvgIpc) is 2.56. The summed E-state index contributed by atoms with van der Waals surface area (Å²) in [5, 5.41) is 4.96. The number of rotatable bonds is 5. The van der Waals surface area contributed by atoms with Crippen molar-refractivity contribution in [1.82, 2.24) is 5.32 Å². The molecule has 0 spiro atoms. The molecule has 3 heteroatoms. The number of nitrogens with one attached hydrogen (secondary N) is 1. The molecule has 1 aromatic rings. The highest BCUT2D eigenvalue weighted by Crippen LogP contribution is 2.11. The smallest absolute Gasteiger partial charge is 0.172 e. The van der Waals surface area contributed by atoms with Crippen molar-refractivity contribution in [3.05, 3.63) is 22.4 Å². The van der Waals surface area contributed by atoms with Crippen LogP contribution in [-0.4, -0.2) is 19.4 Å². The van der Waals surface area contributed by atoms with Crippen LogP contribution in [0.1, 0.15) is 22.5 Å². The zero-order valence-corrected chi connectivity index (χ0v) is 7.99. The van der Waals surface area contributed by atoms with Crippen LogP contribution < -0.4 is 5.32 Å². The van der Waals surface area contributed by atoms with E-state index in [0.29, 0.717) is 6.42 Å². The summed E-state index contributed by atoms with van der Waals surface area (Å²) in [6, 6.07) is 3.79. The van der Waals surface area contributed by atoms with Crippen LogP contribution in [0.5, 0.6) is 0 Å². The number of thiophene rings is 1. The van der Waals surface area contributed by atoms with Crippen molar-refractivity contribution < 1.29 is 4.79 Å². The highest BCUT2D eigenvalue weighted by Gasteiger charge is 2.04. The maximum atomic E-state index is 11.4. The maximum absolute atomic E-state index is 11.4. The van der Waals surface area contributed by atoms with Gasteiger partial charge in [-0.25, -0.2) is 0 Å². The monoisotopic (exact) mass is 183 g/mol. The second-order valence-electron chi connectivity index (χ2n) is 2.61. The summed E-state index contributed by atoms with van der Waals surface area (Å²) in [6.07, 6.45) is 1.58. The van der Waals surface area contributed by atoms with Gasteiger partial charge in [-0.05, 0) is 31.5 Å². The molecule has 1 heterocycles. The molecular weight excluding hydrogens is 170 g/mol. The quantitative estimate of drug-likeness (QED) is 0.558. The first-order chi connectivity index (χ1) is 5.84. The number of hydrogen-bond donors (Lipinski definition) is 1. The Hall–Kier alpha value is -0.670. The topological polar surface area (TPSA) is 29.1 Å². The van der Waals surface area contributed by atoms with Crippen LogP contribution in [0, 0.1) is 0 Å². The second kappa shape index (κ2) is 5.06. The summed E-state index contributed by atoms with van der Waals surface area (Å²) in [5.74, 6) is 0.264. The molecule has 0 aliphatic heterocycles. The van der Waals surface area contributed by atoms with Gasteiger partial charge in [0.1, 0.15) is 0 Å². The Morgan fingerprint density at radius 2 is 2.50 bits per heavy atom. The van der Waals surface area contributed by atoms with Crippen LogP contribution in [-0.2, 0) is 0 Å². The minimum Gasteiger partial charge on any atom is -0.320 e. The number of Topliss-reactive ketones (excluding diaryl/α,β-unsaturated/α-hetero) is 1. The van der Waals surface area contributed by atoms with E-state index in [1.165, 1.54) is 11.3 Å². The lowest BCUT2D eigenvalue weighted by atomic mass is 10.2.